The zero-order chi connectivity index (χ0) is 17.5. The van der Waals surface area contributed by atoms with Crippen LogP contribution in [0, 0.1) is 0 Å². The molecule has 2 rings (SSSR count). The molecule has 24 heavy (non-hydrogen) atoms. The van der Waals surface area contributed by atoms with Gasteiger partial charge in [0.1, 0.15) is 0 Å². The fourth-order valence-corrected chi connectivity index (χ4v) is 4.82. The van der Waals surface area contributed by atoms with Crippen molar-refractivity contribution < 1.29 is 4.21 Å². The summed E-state index contributed by atoms with van der Waals surface area (Å²) >= 11 is 7.15. The monoisotopic (exact) mass is 482 g/mol. The van der Waals surface area contributed by atoms with Gasteiger partial charge in [0, 0.05) is 36.4 Å². The number of aromatic nitrogens is 8. The Bertz CT molecular complexity index is 609. The lowest BCUT2D eigenvalue weighted by Crippen LogP contribution is -2.08. The van der Waals surface area contributed by atoms with Crippen molar-refractivity contribution in [2.45, 2.75) is 35.3 Å². The van der Waals surface area contributed by atoms with Crippen molar-refractivity contribution in [2.24, 2.45) is 14.1 Å². The molecule has 2 unspecified atom stereocenters. The van der Waals surface area contributed by atoms with Crippen LogP contribution in [-0.4, -0.2) is 56.1 Å². The van der Waals surface area contributed by atoms with E-state index in [0.29, 0.717) is 11.5 Å². The van der Waals surface area contributed by atoms with Crippen molar-refractivity contribution in [1.29, 1.82) is 0 Å². The summed E-state index contributed by atoms with van der Waals surface area (Å²) in [4.78, 5) is 0.176. The highest BCUT2D eigenvalue weighted by atomic mass is 79.9. The Kier molecular flexibility index (Phi) is 7.88. The minimum absolute atomic E-state index is 0.0878. The van der Waals surface area contributed by atoms with Crippen LogP contribution in [0.15, 0.2) is 0 Å². The smallest absolute Gasteiger partial charge is 0.164 e. The van der Waals surface area contributed by atoms with Gasteiger partial charge in [0.15, 0.2) is 11.6 Å². The Labute approximate surface area is 159 Å². The lowest BCUT2D eigenvalue weighted by Gasteiger charge is -2.09. The summed E-state index contributed by atoms with van der Waals surface area (Å²) in [5, 5.41) is 22.8. The van der Waals surface area contributed by atoms with E-state index in [-0.39, 0.29) is 9.65 Å². The van der Waals surface area contributed by atoms with Crippen LogP contribution in [0.3, 0.4) is 0 Å². The third kappa shape index (κ3) is 5.66. The van der Waals surface area contributed by atoms with Crippen LogP contribution in [0.25, 0.3) is 0 Å². The van der Waals surface area contributed by atoms with Crippen molar-refractivity contribution in [1.82, 2.24) is 40.4 Å². The summed E-state index contributed by atoms with van der Waals surface area (Å²) in [6.07, 6.45) is 3.43. The molecule has 2 atom stereocenters. The first-order chi connectivity index (χ1) is 11.5. The van der Waals surface area contributed by atoms with E-state index >= 15 is 0 Å². The van der Waals surface area contributed by atoms with Crippen LogP contribution in [0.5, 0.6) is 0 Å². The summed E-state index contributed by atoms with van der Waals surface area (Å²) < 4.78 is 15.4. The molecule has 2 heterocycles. The second-order valence-corrected chi connectivity index (χ2v) is 9.30. The minimum Gasteiger partial charge on any atom is -0.260 e. The topological polar surface area (TPSA) is 104 Å². The highest BCUT2D eigenvalue weighted by molar-refractivity contribution is 9.09. The van der Waals surface area contributed by atoms with Crippen LogP contribution in [0.2, 0.25) is 0 Å². The van der Waals surface area contributed by atoms with Crippen molar-refractivity contribution in [3.63, 3.8) is 0 Å². The number of tetrazole rings is 2. The highest BCUT2D eigenvalue weighted by Crippen LogP contribution is 2.26. The molecule has 2 aromatic heterocycles. The molecular formula is C12H20Br2N8OS. The molecule has 0 aliphatic heterocycles. The Hall–Kier alpha value is -0.750. The fourth-order valence-electron chi connectivity index (χ4n) is 2.21. The third-order valence-corrected chi connectivity index (χ3v) is 6.75. The molecule has 0 radical (unpaired) electrons. The van der Waals surface area contributed by atoms with E-state index in [1.165, 1.54) is 0 Å². The average Bonchev–Trinajstić information content (AvgIpc) is 3.15. The number of hydrogen-bond donors (Lipinski definition) is 0. The van der Waals surface area contributed by atoms with Gasteiger partial charge >= 0.3 is 0 Å². The Balaban J connectivity index is 1.62. The van der Waals surface area contributed by atoms with Gasteiger partial charge in [0.25, 0.3) is 0 Å². The first-order valence-corrected chi connectivity index (χ1v) is 10.9. The van der Waals surface area contributed by atoms with Crippen LogP contribution in [0.1, 0.15) is 47.0 Å². The van der Waals surface area contributed by atoms with Crippen LogP contribution in [0.4, 0.5) is 0 Å². The van der Waals surface area contributed by atoms with E-state index in [0.717, 1.165) is 37.3 Å². The van der Waals surface area contributed by atoms with Crippen molar-refractivity contribution in [2.75, 3.05) is 11.5 Å². The molecule has 12 heteroatoms. The number of halogens is 2. The number of rotatable bonds is 10. The van der Waals surface area contributed by atoms with Gasteiger partial charge in [-0.25, -0.2) is 9.36 Å². The highest BCUT2D eigenvalue weighted by Gasteiger charge is 2.16. The second kappa shape index (κ2) is 9.66. The van der Waals surface area contributed by atoms with Gasteiger partial charge in [0.05, 0.1) is 9.65 Å². The lowest BCUT2D eigenvalue weighted by atomic mass is 10.2. The maximum Gasteiger partial charge on any atom is 0.164 e. The van der Waals surface area contributed by atoms with Crippen LogP contribution < -0.4 is 0 Å². The van der Waals surface area contributed by atoms with E-state index in [9.17, 15) is 4.21 Å². The summed E-state index contributed by atoms with van der Waals surface area (Å²) in [5.74, 6) is 2.96. The molecule has 0 saturated heterocycles. The van der Waals surface area contributed by atoms with Gasteiger partial charge in [-0.1, -0.05) is 31.9 Å². The first kappa shape index (κ1) is 19.6. The summed E-state index contributed by atoms with van der Waals surface area (Å²) in [6.45, 7) is 0. The Morgan fingerprint density at radius 3 is 1.67 bits per heavy atom. The van der Waals surface area contributed by atoms with E-state index in [2.05, 4.69) is 62.9 Å². The van der Waals surface area contributed by atoms with Crippen molar-refractivity contribution >= 4 is 42.7 Å². The quantitative estimate of drug-likeness (QED) is 0.472. The SMILES string of the molecule is Cn1nnnc1C(Br)CCCS(=O)CCCC(Br)c1nnnn1C. The first-order valence-electron chi connectivity index (χ1n) is 7.56. The second-order valence-electron chi connectivity index (χ2n) is 5.39. The van der Waals surface area contributed by atoms with Crippen LogP contribution in [-0.2, 0) is 24.9 Å². The third-order valence-electron chi connectivity index (χ3n) is 3.53. The summed E-state index contributed by atoms with van der Waals surface area (Å²) in [6, 6.07) is 0. The van der Waals surface area contributed by atoms with Gasteiger partial charge in [-0.3, -0.25) is 4.21 Å². The van der Waals surface area contributed by atoms with Crippen LogP contribution >= 0.6 is 31.9 Å². The van der Waals surface area contributed by atoms with Gasteiger partial charge in [-0.05, 0) is 46.5 Å². The lowest BCUT2D eigenvalue weighted by molar-refractivity contribution is 0.640. The molecule has 0 spiro atoms. The maximum atomic E-state index is 12.1. The zero-order valence-electron chi connectivity index (χ0n) is 13.5. The molecule has 9 nitrogen and oxygen atoms in total. The maximum absolute atomic E-state index is 12.1. The number of hydrogen-bond acceptors (Lipinski definition) is 7. The number of nitrogens with zero attached hydrogens (tertiary/aromatic N) is 8. The predicted molar refractivity (Wildman–Crippen MR) is 97.3 cm³/mol. The van der Waals surface area contributed by atoms with Gasteiger partial charge in [-0.2, -0.15) is 0 Å². The van der Waals surface area contributed by atoms with E-state index < -0.39 is 10.8 Å². The van der Waals surface area contributed by atoms with E-state index in [1.54, 1.807) is 9.36 Å². The predicted octanol–water partition coefficient (Wildman–Crippen LogP) is 1.61. The molecule has 2 aromatic rings. The average molecular weight is 484 g/mol. The number of alkyl halides is 2. The standard InChI is InChI=1S/C12H20Br2N8OS/c1-21-11(15-17-19-21)9(13)5-3-7-24(23)8-4-6-10(14)12-16-18-20-22(12)2/h9-10H,3-8H2,1-2H3. The molecule has 0 aromatic carbocycles. The molecule has 0 amide bonds. The Morgan fingerprint density at radius 2 is 1.33 bits per heavy atom. The van der Waals surface area contributed by atoms with Crippen molar-refractivity contribution in [3.8, 4) is 0 Å². The fraction of sp³-hybridized carbons (Fsp3) is 0.833. The zero-order valence-corrected chi connectivity index (χ0v) is 17.5. The normalized spacial score (nSPS) is 15.3. The molecule has 0 aliphatic rings. The van der Waals surface area contributed by atoms with E-state index in [4.69, 9.17) is 0 Å². The van der Waals surface area contributed by atoms with Gasteiger partial charge in [0.2, 0.25) is 0 Å². The minimum atomic E-state index is -0.816. The van der Waals surface area contributed by atoms with E-state index in [1.807, 2.05) is 14.1 Å². The van der Waals surface area contributed by atoms with Gasteiger partial charge in [-0.15, -0.1) is 10.2 Å². The summed E-state index contributed by atoms with van der Waals surface area (Å²) in [7, 11) is 2.81. The van der Waals surface area contributed by atoms with Crippen molar-refractivity contribution in [3.05, 3.63) is 11.6 Å². The molecular weight excluding hydrogens is 464 g/mol. The molecule has 0 N–H and O–H groups in total. The molecule has 134 valence electrons. The largest absolute Gasteiger partial charge is 0.260 e. The molecule has 0 saturated carbocycles. The summed E-state index contributed by atoms with van der Waals surface area (Å²) in [5.41, 5.74) is 0. The molecule has 0 fully saturated rings. The Morgan fingerprint density at radius 1 is 0.917 bits per heavy atom. The molecule has 0 aliphatic carbocycles. The number of aryl methyl sites for hydroxylation is 2. The van der Waals surface area contributed by atoms with Gasteiger partial charge < -0.3 is 0 Å². The molecule has 0 bridgehead atoms.